The van der Waals surface area contributed by atoms with Crippen molar-refractivity contribution in [2.45, 2.75) is 0 Å². The standard InChI is InChI=1S/C37H24N2O/c1-2-9-25(10-3-1)26-17-19-28(20-18-26)39(33-15-8-16-36-37(33)32-24-38-22-21-35(32)40-36)34-23-27-11-4-5-12-29(27)30-13-6-7-14-31(30)34/h1-24H. The van der Waals surface area contributed by atoms with Crippen LogP contribution in [0.1, 0.15) is 0 Å². The summed E-state index contributed by atoms with van der Waals surface area (Å²) in [4.78, 5) is 6.81. The molecule has 0 N–H and O–H groups in total. The SMILES string of the molecule is c1ccc(-c2ccc(N(c3cc4ccccc4c4ccccc34)c3cccc4oc5ccncc5c34)cc2)cc1. The second-order valence-electron chi connectivity index (χ2n) is 10.0. The fraction of sp³-hybridized carbons (Fsp3) is 0. The average Bonchev–Trinajstić information content (AvgIpc) is 3.41. The molecule has 8 rings (SSSR count). The minimum Gasteiger partial charge on any atom is -0.456 e. The van der Waals surface area contributed by atoms with E-state index in [2.05, 4.69) is 131 Å². The van der Waals surface area contributed by atoms with Gasteiger partial charge in [0.1, 0.15) is 11.2 Å². The smallest absolute Gasteiger partial charge is 0.138 e. The predicted molar refractivity (Wildman–Crippen MR) is 167 cm³/mol. The third-order valence-electron chi connectivity index (χ3n) is 7.74. The Morgan fingerprint density at radius 3 is 2.08 bits per heavy atom. The van der Waals surface area contributed by atoms with Crippen molar-refractivity contribution in [2.24, 2.45) is 0 Å². The van der Waals surface area contributed by atoms with Gasteiger partial charge in [-0.15, -0.1) is 0 Å². The van der Waals surface area contributed by atoms with Gasteiger partial charge < -0.3 is 9.32 Å². The van der Waals surface area contributed by atoms with Crippen LogP contribution in [0, 0.1) is 0 Å². The number of nitrogens with zero attached hydrogens (tertiary/aromatic N) is 2. The number of hydrogen-bond donors (Lipinski definition) is 0. The van der Waals surface area contributed by atoms with E-state index in [1.807, 2.05) is 18.3 Å². The topological polar surface area (TPSA) is 29.3 Å². The highest BCUT2D eigenvalue weighted by atomic mass is 16.3. The van der Waals surface area contributed by atoms with Crippen molar-refractivity contribution in [3.05, 3.63) is 146 Å². The summed E-state index contributed by atoms with van der Waals surface area (Å²) < 4.78 is 6.28. The summed E-state index contributed by atoms with van der Waals surface area (Å²) in [6.07, 6.45) is 3.68. The largest absolute Gasteiger partial charge is 0.456 e. The lowest BCUT2D eigenvalue weighted by Crippen LogP contribution is -2.11. The van der Waals surface area contributed by atoms with Crippen LogP contribution in [-0.4, -0.2) is 4.98 Å². The highest BCUT2D eigenvalue weighted by molar-refractivity contribution is 6.18. The van der Waals surface area contributed by atoms with Crippen LogP contribution in [0.5, 0.6) is 0 Å². The fourth-order valence-corrected chi connectivity index (χ4v) is 5.90. The molecule has 0 radical (unpaired) electrons. The van der Waals surface area contributed by atoms with E-state index in [-0.39, 0.29) is 0 Å². The Labute approximate surface area is 231 Å². The maximum atomic E-state index is 6.28. The summed E-state index contributed by atoms with van der Waals surface area (Å²) in [6.45, 7) is 0. The number of furan rings is 1. The minimum atomic E-state index is 0.834. The maximum absolute atomic E-state index is 6.28. The van der Waals surface area contributed by atoms with Crippen molar-refractivity contribution in [1.82, 2.24) is 4.98 Å². The molecule has 0 unspecified atom stereocenters. The third kappa shape index (κ3) is 3.56. The van der Waals surface area contributed by atoms with Crippen LogP contribution in [0.25, 0.3) is 54.6 Å². The maximum Gasteiger partial charge on any atom is 0.138 e. The van der Waals surface area contributed by atoms with E-state index in [0.717, 1.165) is 39.0 Å². The quantitative estimate of drug-likeness (QED) is 0.220. The second-order valence-corrected chi connectivity index (χ2v) is 10.0. The van der Waals surface area contributed by atoms with Gasteiger partial charge in [0, 0.05) is 28.9 Å². The summed E-state index contributed by atoms with van der Waals surface area (Å²) >= 11 is 0. The van der Waals surface area contributed by atoms with E-state index in [1.54, 1.807) is 6.20 Å². The Kier molecular flexibility index (Phi) is 5.14. The molecule has 2 aromatic heterocycles. The summed E-state index contributed by atoms with van der Waals surface area (Å²) in [7, 11) is 0. The van der Waals surface area contributed by atoms with Gasteiger partial charge in [-0.05, 0) is 63.7 Å². The Balaban J connectivity index is 1.45. The molecule has 3 heteroatoms. The first-order chi connectivity index (χ1) is 19.8. The molecule has 0 saturated heterocycles. The van der Waals surface area contributed by atoms with Crippen LogP contribution >= 0.6 is 0 Å². The molecule has 6 aromatic carbocycles. The van der Waals surface area contributed by atoms with Crippen LogP contribution in [0.4, 0.5) is 17.1 Å². The molecule has 0 amide bonds. The lowest BCUT2D eigenvalue weighted by molar-refractivity contribution is 0.668. The summed E-state index contributed by atoms with van der Waals surface area (Å²) in [5.74, 6) is 0. The minimum absolute atomic E-state index is 0.834. The molecule has 0 aliphatic heterocycles. The molecule has 40 heavy (non-hydrogen) atoms. The van der Waals surface area contributed by atoms with Crippen LogP contribution < -0.4 is 4.90 Å². The molecule has 0 bridgehead atoms. The molecular formula is C37H24N2O. The highest BCUT2D eigenvalue weighted by Gasteiger charge is 2.22. The van der Waals surface area contributed by atoms with E-state index in [4.69, 9.17) is 4.42 Å². The van der Waals surface area contributed by atoms with Crippen LogP contribution in [0.3, 0.4) is 0 Å². The van der Waals surface area contributed by atoms with Crippen molar-refractivity contribution in [2.75, 3.05) is 4.90 Å². The zero-order valence-corrected chi connectivity index (χ0v) is 21.7. The molecule has 3 nitrogen and oxygen atoms in total. The monoisotopic (exact) mass is 512 g/mol. The third-order valence-corrected chi connectivity index (χ3v) is 7.74. The lowest BCUT2D eigenvalue weighted by atomic mass is 9.98. The van der Waals surface area contributed by atoms with Gasteiger partial charge in [-0.1, -0.05) is 97.1 Å². The molecular weight excluding hydrogens is 488 g/mol. The van der Waals surface area contributed by atoms with Crippen LogP contribution in [0.15, 0.2) is 150 Å². The normalized spacial score (nSPS) is 11.5. The van der Waals surface area contributed by atoms with Gasteiger partial charge in [0.25, 0.3) is 0 Å². The first-order valence-corrected chi connectivity index (χ1v) is 13.5. The molecule has 8 aromatic rings. The van der Waals surface area contributed by atoms with Crippen LogP contribution in [-0.2, 0) is 0 Å². The molecule has 0 aliphatic rings. The number of hydrogen-bond acceptors (Lipinski definition) is 3. The zero-order chi connectivity index (χ0) is 26.5. The van der Waals surface area contributed by atoms with E-state index in [9.17, 15) is 0 Å². The molecule has 0 atom stereocenters. The number of aromatic nitrogens is 1. The van der Waals surface area contributed by atoms with Crippen LogP contribution in [0.2, 0.25) is 0 Å². The Morgan fingerprint density at radius 2 is 1.23 bits per heavy atom. The molecule has 0 fully saturated rings. The first-order valence-electron chi connectivity index (χ1n) is 13.5. The van der Waals surface area contributed by atoms with Gasteiger partial charge in [0.15, 0.2) is 0 Å². The van der Waals surface area contributed by atoms with E-state index < -0.39 is 0 Å². The first kappa shape index (κ1) is 22.6. The molecule has 0 spiro atoms. The van der Waals surface area contributed by atoms with E-state index in [0.29, 0.717) is 0 Å². The Hall–Kier alpha value is -5.41. The molecule has 2 heterocycles. The number of fused-ring (bicyclic) bond motifs is 6. The lowest BCUT2D eigenvalue weighted by Gasteiger charge is -2.28. The van der Waals surface area contributed by atoms with Crippen molar-refractivity contribution in [1.29, 1.82) is 0 Å². The van der Waals surface area contributed by atoms with Crippen molar-refractivity contribution < 1.29 is 4.42 Å². The van der Waals surface area contributed by atoms with Crippen molar-refractivity contribution in [3.8, 4) is 11.1 Å². The van der Waals surface area contributed by atoms with Crippen molar-refractivity contribution >= 4 is 60.5 Å². The van der Waals surface area contributed by atoms with E-state index >= 15 is 0 Å². The van der Waals surface area contributed by atoms with Gasteiger partial charge in [0.05, 0.1) is 16.8 Å². The van der Waals surface area contributed by atoms with Crippen molar-refractivity contribution in [3.63, 3.8) is 0 Å². The summed E-state index contributed by atoms with van der Waals surface area (Å²) in [6, 6.07) is 47.2. The zero-order valence-electron chi connectivity index (χ0n) is 21.7. The van der Waals surface area contributed by atoms with Gasteiger partial charge in [-0.25, -0.2) is 0 Å². The Bertz CT molecular complexity index is 2160. The molecule has 0 aliphatic carbocycles. The average molecular weight is 513 g/mol. The number of pyridine rings is 1. The number of anilines is 3. The van der Waals surface area contributed by atoms with Gasteiger partial charge in [-0.3, -0.25) is 4.98 Å². The fourth-order valence-electron chi connectivity index (χ4n) is 5.90. The Morgan fingerprint density at radius 1 is 0.500 bits per heavy atom. The molecule has 188 valence electrons. The number of benzene rings is 6. The highest BCUT2D eigenvalue weighted by Crippen LogP contribution is 2.46. The summed E-state index contributed by atoms with van der Waals surface area (Å²) in [5, 5.41) is 6.92. The van der Waals surface area contributed by atoms with Gasteiger partial charge in [-0.2, -0.15) is 0 Å². The van der Waals surface area contributed by atoms with Gasteiger partial charge in [0.2, 0.25) is 0 Å². The second kappa shape index (κ2) is 9.11. The number of rotatable bonds is 4. The van der Waals surface area contributed by atoms with E-state index in [1.165, 1.54) is 32.7 Å². The van der Waals surface area contributed by atoms with Gasteiger partial charge >= 0.3 is 0 Å². The summed E-state index contributed by atoms with van der Waals surface area (Å²) in [5.41, 5.74) is 7.31. The predicted octanol–water partition coefficient (Wildman–Crippen LogP) is 10.4. The molecule has 0 saturated carbocycles.